The Kier molecular flexibility index (Phi) is 5.11. The van der Waals surface area contributed by atoms with Crippen LogP contribution in [-0.4, -0.2) is 32.5 Å². The van der Waals surface area contributed by atoms with Crippen LogP contribution in [0.5, 0.6) is 0 Å². The first-order chi connectivity index (χ1) is 8.49. The second-order valence-electron chi connectivity index (χ2n) is 4.31. The molecular formula is C14H22NO2S+. The molecule has 0 amide bonds. The Hall–Kier alpha value is -1.13. The molecule has 1 rings (SSSR count). The van der Waals surface area contributed by atoms with E-state index in [1.54, 1.807) is 24.3 Å². The minimum absolute atomic E-state index is 0.350. The van der Waals surface area contributed by atoms with Crippen LogP contribution in [0.2, 0.25) is 0 Å². The lowest BCUT2D eigenvalue weighted by molar-refractivity contribution is -0.874. The van der Waals surface area contributed by atoms with E-state index < -0.39 is 9.84 Å². The molecule has 0 atom stereocenters. The van der Waals surface area contributed by atoms with Gasteiger partial charge in [-0.25, -0.2) is 8.42 Å². The van der Waals surface area contributed by atoms with Crippen LogP contribution in [0.1, 0.15) is 20.8 Å². The minimum Gasteiger partial charge on any atom is -0.297 e. The summed E-state index contributed by atoms with van der Waals surface area (Å²) in [6.07, 6.45) is 1.81. The highest BCUT2D eigenvalue weighted by atomic mass is 32.2. The number of hydrogen-bond donors (Lipinski definition) is 0. The summed E-state index contributed by atoms with van der Waals surface area (Å²) in [5, 5.41) is 1.35. The van der Waals surface area contributed by atoms with Gasteiger partial charge < -0.3 is 0 Å². The molecule has 3 nitrogen and oxygen atoms in total. The highest BCUT2D eigenvalue weighted by molar-refractivity contribution is 7.94. The molecule has 0 fully saturated rings. The lowest BCUT2D eigenvalue weighted by atomic mass is 10.4. The molecule has 0 aliphatic carbocycles. The molecule has 4 heteroatoms. The Morgan fingerprint density at radius 1 is 1.00 bits per heavy atom. The summed E-state index contributed by atoms with van der Waals surface area (Å²) in [5.41, 5.74) is 0. The van der Waals surface area contributed by atoms with Crippen molar-refractivity contribution in [3.05, 3.63) is 41.9 Å². The van der Waals surface area contributed by atoms with Crippen LogP contribution < -0.4 is 0 Å². The summed E-state index contributed by atoms with van der Waals surface area (Å²) in [6.45, 7) is 8.92. The largest absolute Gasteiger partial charge is 0.297 e. The van der Waals surface area contributed by atoms with Crippen LogP contribution in [0.25, 0.3) is 0 Å². The zero-order valence-corrected chi connectivity index (χ0v) is 12.2. The van der Waals surface area contributed by atoms with Gasteiger partial charge in [0.05, 0.1) is 29.9 Å². The third kappa shape index (κ3) is 3.43. The van der Waals surface area contributed by atoms with E-state index in [1.807, 2.05) is 12.3 Å². The second kappa shape index (κ2) is 6.16. The van der Waals surface area contributed by atoms with Crippen LogP contribution >= 0.6 is 0 Å². The van der Waals surface area contributed by atoms with E-state index in [0.29, 0.717) is 9.38 Å². The van der Waals surface area contributed by atoms with E-state index in [9.17, 15) is 8.42 Å². The molecule has 18 heavy (non-hydrogen) atoms. The first-order valence-electron chi connectivity index (χ1n) is 6.35. The van der Waals surface area contributed by atoms with Gasteiger partial charge in [-0.1, -0.05) is 18.2 Å². The number of nitrogens with zero attached hydrogens (tertiary/aromatic N) is 1. The van der Waals surface area contributed by atoms with Gasteiger partial charge in [-0.3, -0.25) is 4.48 Å². The van der Waals surface area contributed by atoms with Crippen molar-refractivity contribution in [2.24, 2.45) is 0 Å². The molecule has 1 aromatic carbocycles. The van der Waals surface area contributed by atoms with E-state index in [1.165, 1.54) is 5.41 Å². The van der Waals surface area contributed by atoms with Gasteiger partial charge >= 0.3 is 0 Å². The highest BCUT2D eigenvalue weighted by Gasteiger charge is 2.19. The van der Waals surface area contributed by atoms with Gasteiger partial charge in [0.2, 0.25) is 9.84 Å². The first kappa shape index (κ1) is 14.9. The maximum Gasteiger partial charge on any atom is 0.204 e. The van der Waals surface area contributed by atoms with Gasteiger partial charge in [0.25, 0.3) is 0 Å². The van der Waals surface area contributed by atoms with E-state index in [2.05, 4.69) is 20.8 Å². The Morgan fingerprint density at radius 2 is 1.50 bits per heavy atom. The Bertz CT molecular complexity index is 480. The Labute approximate surface area is 110 Å². The molecule has 1 aromatic rings. The van der Waals surface area contributed by atoms with Crippen LogP contribution in [0, 0.1) is 0 Å². The zero-order chi connectivity index (χ0) is 13.6. The van der Waals surface area contributed by atoms with E-state index in [4.69, 9.17) is 0 Å². The van der Waals surface area contributed by atoms with Crippen molar-refractivity contribution < 1.29 is 12.9 Å². The molecule has 0 N–H and O–H groups in total. The number of rotatable bonds is 6. The fraction of sp³-hybridized carbons (Fsp3) is 0.429. The second-order valence-corrected chi connectivity index (χ2v) is 6.14. The molecule has 0 aliphatic heterocycles. The third-order valence-corrected chi connectivity index (χ3v) is 4.93. The lowest BCUT2D eigenvalue weighted by Crippen LogP contribution is -2.42. The van der Waals surface area contributed by atoms with Crippen molar-refractivity contribution in [1.29, 1.82) is 0 Å². The summed E-state index contributed by atoms with van der Waals surface area (Å²) >= 11 is 0. The fourth-order valence-corrected chi connectivity index (χ4v) is 3.00. The van der Waals surface area contributed by atoms with Gasteiger partial charge in [0.1, 0.15) is 6.20 Å². The number of quaternary nitrogens is 1. The molecule has 0 aliphatic rings. The van der Waals surface area contributed by atoms with Gasteiger partial charge in [-0.15, -0.1) is 0 Å². The van der Waals surface area contributed by atoms with Gasteiger partial charge in [-0.05, 0) is 32.9 Å². The molecular weight excluding hydrogens is 246 g/mol. The maximum absolute atomic E-state index is 12.1. The molecule has 0 bridgehead atoms. The maximum atomic E-state index is 12.1. The zero-order valence-electron chi connectivity index (χ0n) is 11.3. The smallest absolute Gasteiger partial charge is 0.204 e. The van der Waals surface area contributed by atoms with Crippen molar-refractivity contribution in [2.75, 3.05) is 19.6 Å². The summed E-state index contributed by atoms with van der Waals surface area (Å²) < 4.78 is 24.9. The fourth-order valence-electron chi connectivity index (χ4n) is 1.89. The lowest BCUT2D eigenvalue weighted by Gasteiger charge is -2.31. The van der Waals surface area contributed by atoms with Crippen molar-refractivity contribution in [3.63, 3.8) is 0 Å². The van der Waals surface area contributed by atoms with Crippen LogP contribution in [-0.2, 0) is 9.84 Å². The van der Waals surface area contributed by atoms with Crippen molar-refractivity contribution >= 4 is 9.84 Å². The molecule has 0 saturated carbocycles. The first-order valence-corrected chi connectivity index (χ1v) is 7.89. The highest BCUT2D eigenvalue weighted by Crippen LogP contribution is 2.14. The molecule has 0 saturated heterocycles. The molecule has 0 spiro atoms. The Balaban J connectivity index is 3.03. The number of sulfone groups is 1. The van der Waals surface area contributed by atoms with Gasteiger partial charge in [-0.2, -0.15) is 0 Å². The van der Waals surface area contributed by atoms with Crippen molar-refractivity contribution in [3.8, 4) is 0 Å². The van der Waals surface area contributed by atoms with Gasteiger partial charge in [0, 0.05) is 0 Å². The summed E-state index contributed by atoms with van der Waals surface area (Å²) in [7, 11) is -3.32. The van der Waals surface area contributed by atoms with E-state index in [-0.39, 0.29) is 0 Å². The number of hydrogen-bond acceptors (Lipinski definition) is 2. The van der Waals surface area contributed by atoms with Crippen molar-refractivity contribution in [2.45, 2.75) is 25.7 Å². The van der Waals surface area contributed by atoms with Crippen molar-refractivity contribution in [1.82, 2.24) is 0 Å². The standard InChI is InChI=1S/C14H22NO2S/c1-4-15(5-2,6-3)12-13-18(16,17)14-10-8-7-9-11-14/h7-13H,4-6H2,1-3H3/q+1. The van der Waals surface area contributed by atoms with Crippen LogP contribution in [0.3, 0.4) is 0 Å². The topological polar surface area (TPSA) is 34.1 Å². The average Bonchev–Trinajstić information content (AvgIpc) is 2.42. The molecule has 0 radical (unpaired) electrons. The normalized spacial score (nSPS) is 13.1. The van der Waals surface area contributed by atoms with E-state index in [0.717, 1.165) is 19.6 Å². The Morgan fingerprint density at radius 3 is 1.94 bits per heavy atom. The monoisotopic (exact) mass is 268 g/mol. The number of benzene rings is 1. The SMILES string of the molecule is CC[N+](C=CS(=O)(=O)c1ccccc1)(CC)CC. The summed E-state index contributed by atoms with van der Waals surface area (Å²) in [4.78, 5) is 0.350. The predicted octanol–water partition coefficient (Wildman–Crippen LogP) is 2.81. The predicted molar refractivity (Wildman–Crippen MR) is 74.7 cm³/mol. The quantitative estimate of drug-likeness (QED) is 0.743. The average molecular weight is 268 g/mol. The van der Waals surface area contributed by atoms with Crippen LogP contribution in [0.15, 0.2) is 46.8 Å². The van der Waals surface area contributed by atoms with Crippen LogP contribution in [0.4, 0.5) is 0 Å². The third-order valence-electron chi connectivity index (χ3n) is 3.52. The summed E-state index contributed by atoms with van der Waals surface area (Å²) in [5.74, 6) is 0. The van der Waals surface area contributed by atoms with Gasteiger partial charge in [0.15, 0.2) is 0 Å². The van der Waals surface area contributed by atoms with E-state index >= 15 is 0 Å². The minimum atomic E-state index is -3.32. The molecule has 0 unspecified atom stereocenters. The summed E-state index contributed by atoms with van der Waals surface area (Å²) in [6, 6.07) is 8.54. The molecule has 0 heterocycles. The molecule has 100 valence electrons. The molecule has 0 aromatic heterocycles.